The molecule has 2 fully saturated rings. The van der Waals surface area contributed by atoms with Crippen molar-refractivity contribution in [2.75, 3.05) is 6.54 Å². The Labute approximate surface area is 107 Å². The summed E-state index contributed by atoms with van der Waals surface area (Å²) in [5.74, 6) is 0.647. The number of nitriles is 1. The predicted molar refractivity (Wildman–Crippen MR) is 67.2 cm³/mol. The van der Waals surface area contributed by atoms with Crippen LogP contribution in [0.3, 0.4) is 0 Å². The van der Waals surface area contributed by atoms with E-state index in [1.54, 1.807) is 12.1 Å². The van der Waals surface area contributed by atoms with Gasteiger partial charge in [-0.2, -0.15) is 5.26 Å². The minimum atomic E-state index is -0.280. The first-order valence-corrected chi connectivity index (χ1v) is 6.63. The van der Waals surface area contributed by atoms with E-state index >= 15 is 0 Å². The van der Waals surface area contributed by atoms with Gasteiger partial charge in [0.25, 0.3) is 0 Å². The predicted octanol–water partition coefficient (Wildman–Crippen LogP) is 2.98. The highest BCUT2D eigenvalue weighted by Gasteiger charge is 2.53. The van der Waals surface area contributed by atoms with Crippen molar-refractivity contribution in [2.45, 2.75) is 32.2 Å². The molecule has 3 rings (SSSR count). The van der Waals surface area contributed by atoms with E-state index in [9.17, 15) is 4.39 Å². The lowest BCUT2D eigenvalue weighted by molar-refractivity contribution is 0.401. The first kappa shape index (κ1) is 11.7. The van der Waals surface area contributed by atoms with Crippen LogP contribution >= 0.6 is 0 Å². The molecular weight excluding hydrogens is 227 g/mol. The Balaban J connectivity index is 1.55. The van der Waals surface area contributed by atoms with Gasteiger partial charge in [0.2, 0.25) is 0 Å². The van der Waals surface area contributed by atoms with E-state index in [1.807, 2.05) is 6.07 Å². The van der Waals surface area contributed by atoms with Crippen molar-refractivity contribution in [1.82, 2.24) is 5.32 Å². The number of rotatable bonds is 5. The van der Waals surface area contributed by atoms with E-state index in [0.717, 1.165) is 12.5 Å². The van der Waals surface area contributed by atoms with Crippen molar-refractivity contribution >= 4 is 0 Å². The largest absolute Gasteiger partial charge is 0.312 e. The van der Waals surface area contributed by atoms with Gasteiger partial charge in [-0.3, -0.25) is 0 Å². The van der Waals surface area contributed by atoms with E-state index in [2.05, 4.69) is 5.32 Å². The van der Waals surface area contributed by atoms with Crippen molar-refractivity contribution in [1.29, 1.82) is 5.26 Å². The monoisotopic (exact) mass is 244 g/mol. The zero-order valence-corrected chi connectivity index (χ0v) is 10.4. The third-order valence-electron chi connectivity index (χ3n) is 4.31. The highest BCUT2D eigenvalue weighted by molar-refractivity contribution is 5.32. The third kappa shape index (κ3) is 2.26. The Morgan fingerprint density at radius 2 is 2.17 bits per heavy atom. The Morgan fingerprint density at radius 1 is 1.39 bits per heavy atom. The van der Waals surface area contributed by atoms with Gasteiger partial charge in [-0.05, 0) is 49.1 Å². The molecule has 0 bridgehead atoms. The second-order valence-electron chi connectivity index (χ2n) is 5.66. The number of halogens is 1. The highest BCUT2D eigenvalue weighted by Crippen LogP contribution is 2.60. The smallest absolute Gasteiger partial charge is 0.129 e. The summed E-state index contributed by atoms with van der Waals surface area (Å²) in [5.41, 5.74) is 1.58. The second kappa shape index (κ2) is 4.37. The number of benzene rings is 1. The molecule has 0 aliphatic heterocycles. The van der Waals surface area contributed by atoms with Crippen LogP contribution in [-0.2, 0) is 6.54 Å². The molecule has 0 aromatic heterocycles. The molecule has 2 saturated carbocycles. The molecule has 1 N–H and O–H groups in total. The van der Waals surface area contributed by atoms with Gasteiger partial charge in [-0.15, -0.1) is 0 Å². The highest BCUT2D eigenvalue weighted by atomic mass is 19.1. The number of hydrogen-bond acceptors (Lipinski definition) is 2. The van der Waals surface area contributed by atoms with E-state index in [0.29, 0.717) is 23.1 Å². The maximum atomic E-state index is 13.7. The van der Waals surface area contributed by atoms with E-state index in [1.165, 1.54) is 31.7 Å². The fraction of sp³-hybridized carbons (Fsp3) is 0.533. The topological polar surface area (TPSA) is 35.8 Å². The fourth-order valence-electron chi connectivity index (χ4n) is 2.79. The summed E-state index contributed by atoms with van der Waals surface area (Å²) in [5, 5.41) is 12.1. The molecule has 2 aliphatic carbocycles. The van der Waals surface area contributed by atoms with Crippen LogP contribution in [0.4, 0.5) is 4.39 Å². The summed E-state index contributed by atoms with van der Waals surface area (Å²) >= 11 is 0. The summed E-state index contributed by atoms with van der Waals surface area (Å²) < 4.78 is 13.7. The molecule has 3 heteroatoms. The first-order valence-electron chi connectivity index (χ1n) is 6.63. The van der Waals surface area contributed by atoms with Crippen molar-refractivity contribution in [2.24, 2.45) is 11.3 Å². The van der Waals surface area contributed by atoms with Crippen LogP contribution in [0.1, 0.15) is 36.8 Å². The van der Waals surface area contributed by atoms with Crippen LogP contribution in [0.5, 0.6) is 0 Å². The van der Waals surface area contributed by atoms with Crippen molar-refractivity contribution < 1.29 is 4.39 Å². The normalized spacial score (nSPS) is 20.4. The van der Waals surface area contributed by atoms with Gasteiger partial charge >= 0.3 is 0 Å². The molecule has 0 heterocycles. The first-order chi connectivity index (χ1) is 8.73. The summed E-state index contributed by atoms with van der Waals surface area (Å²) in [6.45, 7) is 1.57. The molecule has 0 spiro atoms. The molecule has 18 heavy (non-hydrogen) atoms. The SMILES string of the molecule is N#Cc1ccc(CNCC2(C3CC3)CC2)c(F)c1. The average molecular weight is 244 g/mol. The van der Waals surface area contributed by atoms with Crippen molar-refractivity contribution in [3.63, 3.8) is 0 Å². The average Bonchev–Trinajstić information content (AvgIpc) is 3.24. The summed E-state index contributed by atoms with van der Waals surface area (Å²) in [6.07, 6.45) is 5.43. The molecule has 2 nitrogen and oxygen atoms in total. The van der Waals surface area contributed by atoms with Gasteiger partial charge in [0.1, 0.15) is 5.82 Å². The van der Waals surface area contributed by atoms with Crippen molar-refractivity contribution in [3.05, 3.63) is 35.1 Å². The summed E-state index contributed by atoms with van der Waals surface area (Å²) in [6, 6.07) is 6.64. The number of hydrogen-bond donors (Lipinski definition) is 1. The Hall–Kier alpha value is -1.40. The third-order valence-corrected chi connectivity index (χ3v) is 4.31. The Bertz CT molecular complexity index is 496. The summed E-state index contributed by atoms with van der Waals surface area (Å²) in [4.78, 5) is 0. The molecule has 0 amide bonds. The molecule has 0 radical (unpaired) electrons. The minimum Gasteiger partial charge on any atom is -0.312 e. The Morgan fingerprint density at radius 3 is 2.72 bits per heavy atom. The zero-order valence-electron chi connectivity index (χ0n) is 10.4. The van der Waals surface area contributed by atoms with Crippen molar-refractivity contribution in [3.8, 4) is 6.07 Å². The fourth-order valence-corrected chi connectivity index (χ4v) is 2.79. The van der Waals surface area contributed by atoms with Crippen LogP contribution in [-0.4, -0.2) is 6.54 Å². The number of nitrogens with one attached hydrogen (secondary N) is 1. The van der Waals surface area contributed by atoms with Gasteiger partial charge in [-0.1, -0.05) is 6.07 Å². The molecule has 0 saturated heterocycles. The van der Waals surface area contributed by atoms with Crippen LogP contribution in [0.25, 0.3) is 0 Å². The molecule has 0 unspecified atom stereocenters. The lowest BCUT2D eigenvalue weighted by atomic mass is 10.0. The van der Waals surface area contributed by atoms with Gasteiger partial charge in [-0.25, -0.2) is 4.39 Å². The van der Waals surface area contributed by atoms with Gasteiger partial charge in [0.15, 0.2) is 0 Å². The lowest BCUT2D eigenvalue weighted by Gasteiger charge is -2.15. The maximum Gasteiger partial charge on any atom is 0.129 e. The standard InChI is InChI=1S/C15H17FN2/c16-14-7-11(8-17)1-2-12(14)9-18-10-15(5-6-15)13-3-4-13/h1-2,7,13,18H,3-6,9-10H2. The molecule has 1 aromatic rings. The van der Waals surface area contributed by atoms with Crippen LogP contribution in [0.15, 0.2) is 18.2 Å². The number of nitrogens with zero attached hydrogens (tertiary/aromatic N) is 1. The zero-order chi connectivity index (χ0) is 12.6. The van der Waals surface area contributed by atoms with Gasteiger partial charge in [0, 0.05) is 18.7 Å². The lowest BCUT2D eigenvalue weighted by Crippen LogP contribution is -2.25. The van der Waals surface area contributed by atoms with Crippen LogP contribution in [0.2, 0.25) is 0 Å². The Kier molecular flexibility index (Phi) is 2.83. The van der Waals surface area contributed by atoms with E-state index in [-0.39, 0.29) is 5.82 Å². The molecule has 94 valence electrons. The van der Waals surface area contributed by atoms with Gasteiger partial charge in [0.05, 0.1) is 11.6 Å². The van der Waals surface area contributed by atoms with Crippen LogP contribution in [0, 0.1) is 28.5 Å². The molecule has 0 atom stereocenters. The quantitative estimate of drug-likeness (QED) is 0.864. The van der Waals surface area contributed by atoms with E-state index < -0.39 is 0 Å². The molecular formula is C15H17FN2. The minimum absolute atomic E-state index is 0.280. The van der Waals surface area contributed by atoms with E-state index in [4.69, 9.17) is 5.26 Å². The van der Waals surface area contributed by atoms with Gasteiger partial charge < -0.3 is 5.32 Å². The second-order valence-corrected chi connectivity index (χ2v) is 5.66. The van der Waals surface area contributed by atoms with Crippen LogP contribution < -0.4 is 5.32 Å². The molecule has 2 aliphatic rings. The molecule has 1 aromatic carbocycles. The summed E-state index contributed by atoms with van der Waals surface area (Å²) in [7, 11) is 0. The maximum absolute atomic E-state index is 13.7.